The summed E-state index contributed by atoms with van der Waals surface area (Å²) in [5.74, 6) is 0. The first-order valence-electron chi connectivity index (χ1n) is 12.2. The van der Waals surface area contributed by atoms with Gasteiger partial charge >= 0.3 is 0 Å². The maximum Gasteiger partial charge on any atom is 0.0831 e. The number of benzene rings is 4. The van der Waals surface area contributed by atoms with Crippen molar-refractivity contribution in [1.82, 2.24) is 0 Å². The van der Waals surface area contributed by atoms with Crippen LogP contribution in [-0.2, 0) is 11.2 Å². The molecule has 0 fully saturated rings. The summed E-state index contributed by atoms with van der Waals surface area (Å²) in [5.41, 5.74) is 12.2. The predicted molar refractivity (Wildman–Crippen MR) is 139 cm³/mol. The van der Waals surface area contributed by atoms with Gasteiger partial charge in [-0.2, -0.15) is 0 Å². The van der Waals surface area contributed by atoms with Crippen LogP contribution in [0.25, 0.3) is 33.4 Å². The minimum atomic E-state index is 0.128. The zero-order chi connectivity index (χ0) is 22.8. The van der Waals surface area contributed by atoms with Gasteiger partial charge in [0.15, 0.2) is 0 Å². The summed E-state index contributed by atoms with van der Waals surface area (Å²) in [6, 6.07) is 33.1. The lowest BCUT2D eigenvalue weighted by molar-refractivity contribution is 0.000996. The van der Waals surface area contributed by atoms with Crippen LogP contribution in [-0.4, -0.2) is 6.10 Å². The summed E-state index contributed by atoms with van der Waals surface area (Å²) in [4.78, 5) is 0. The number of hydrogen-bond donors (Lipinski definition) is 0. The van der Waals surface area contributed by atoms with E-state index in [1.807, 2.05) is 0 Å². The van der Waals surface area contributed by atoms with E-state index >= 15 is 0 Å². The normalized spacial score (nSPS) is 13.1. The third-order valence-electron chi connectivity index (χ3n) is 6.62. The molecule has 0 saturated carbocycles. The van der Waals surface area contributed by atoms with Gasteiger partial charge in [-0.3, -0.25) is 0 Å². The SMILES string of the molecule is CCCC(OC(C)C)c1ccc(-c2ccccc2)c2c1Cc1cccc(-c3ccccc3)c1-2. The van der Waals surface area contributed by atoms with Gasteiger partial charge in [-0.15, -0.1) is 0 Å². The summed E-state index contributed by atoms with van der Waals surface area (Å²) in [6.45, 7) is 6.53. The van der Waals surface area contributed by atoms with E-state index in [0.717, 1.165) is 19.3 Å². The maximum atomic E-state index is 6.46. The molecule has 1 nitrogen and oxygen atoms in total. The highest BCUT2D eigenvalue weighted by Crippen LogP contribution is 2.50. The lowest BCUT2D eigenvalue weighted by Gasteiger charge is -2.24. The van der Waals surface area contributed by atoms with Gasteiger partial charge in [0.05, 0.1) is 12.2 Å². The molecule has 1 aliphatic carbocycles. The summed E-state index contributed by atoms with van der Waals surface area (Å²) in [7, 11) is 0. The first-order chi connectivity index (χ1) is 16.2. The van der Waals surface area contributed by atoms with Crippen LogP contribution in [0.3, 0.4) is 0 Å². The van der Waals surface area contributed by atoms with E-state index in [1.54, 1.807) is 0 Å². The number of rotatable bonds is 7. The lowest BCUT2D eigenvalue weighted by Crippen LogP contribution is -2.12. The van der Waals surface area contributed by atoms with Crippen LogP contribution in [0.15, 0.2) is 91.0 Å². The fourth-order valence-electron chi connectivity index (χ4n) is 5.28. The summed E-state index contributed by atoms with van der Waals surface area (Å²) >= 11 is 0. The predicted octanol–water partition coefficient (Wildman–Crippen LogP) is 8.86. The van der Waals surface area contributed by atoms with E-state index in [0.29, 0.717) is 0 Å². The fourth-order valence-corrected chi connectivity index (χ4v) is 5.28. The summed E-state index contributed by atoms with van der Waals surface area (Å²) in [6.07, 6.45) is 3.44. The molecule has 0 spiro atoms. The van der Waals surface area contributed by atoms with Gasteiger partial charge in [-0.25, -0.2) is 0 Å². The van der Waals surface area contributed by atoms with E-state index in [-0.39, 0.29) is 12.2 Å². The summed E-state index contributed by atoms with van der Waals surface area (Å²) < 4.78 is 6.46. The second-order valence-electron chi connectivity index (χ2n) is 9.27. The van der Waals surface area contributed by atoms with Gasteiger partial charge in [-0.05, 0) is 76.8 Å². The Bertz CT molecular complexity index is 1240. The van der Waals surface area contributed by atoms with Crippen molar-refractivity contribution in [2.45, 2.75) is 52.2 Å². The maximum absolute atomic E-state index is 6.46. The number of hydrogen-bond acceptors (Lipinski definition) is 1. The van der Waals surface area contributed by atoms with Gasteiger partial charge < -0.3 is 4.74 Å². The van der Waals surface area contributed by atoms with Gasteiger partial charge in [0.1, 0.15) is 0 Å². The molecule has 0 aromatic heterocycles. The van der Waals surface area contributed by atoms with Crippen LogP contribution >= 0.6 is 0 Å². The Balaban J connectivity index is 1.77. The Hall–Kier alpha value is -3.16. The van der Waals surface area contributed by atoms with Gasteiger partial charge in [-0.1, -0.05) is 104 Å². The van der Waals surface area contributed by atoms with Gasteiger partial charge in [0.25, 0.3) is 0 Å². The van der Waals surface area contributed by atoms with Crippen molar-refractivity contribution < 1.29 is 4.74 Å². The topological polar surface area (TPSA) is 9.23 Å². The Morgan fingerprint density at radius 1 is 0.697 bits per heavy atom. The molecule has 1 heteroatoms. The van der Waals surface area contributed by atoms with Crippen molar-refractivity contribution in [3.8, 4) is 33.4 Å². The van der Waals surface area contributed by atoms with Gasteiger partial charge in [0, 0.05) is 0 Å². The molecule has 4 aromatic carbocycles. The number of fused-ring (bicyclic) bond motifs is 3. The van der Waals surface area contributed by atoms with Gasteiger partial charge in [0.2, 0.25) is 0 Å². The Kier molecular flexibility index (Phi) is 6.15. The molecule has 1 unspecified atom stereocenters. The molecule has 0 aliphatic heterocycles. The van der Waals surface area contributed by atoms with Crippen LogP contribution in [0, 0.1) is 0 Å². The molecule has 1 atom stereocenters. The average molecular weight is 433 g/mol. The standard InChI is InChI=1S/C32H32O/c1-4-12-30(33-22(2)3)28-20-19-27(24-15-9-6-10-16-24)32-29(28)21-25-17-11-18-26(31(25)32)23-13-7-5-8-14-23/h5-11,13-20,22,30H,4,12,21H2,1-3H3. The molecule has 4 aromatic rings. The quantitative estimate of drug-likeness (QED) is 0.249. The molecule has 0 N–H and O–H groups in total. The van der Waals surface area contributed by atoms with Crippen LogP contribution in [0.1, 0.15) is 56.4 Å². The van der Waals surface area contributed by atoms with Crippen molar-refractivity contribution in [2.24, 2.45) is 0 Å². The van der Waals surface area contributed by atoms with Crippen molar-refractivity contribution in [3.63, 3.8) is 0 Å². The molecular formula is C32H32O. The highest BCUT2D eigenvalue weighted by Gasteiger charge is 2.30. The van der Waals surface area contributed by atoms with Crippen LogP contribution in [0.5, 0.6) is 0 Å². The largest absolute Gasteiger partial charge is 0.371 e. The Morgan fingerprint density at radius 3 is 1.94 bits per heavy atom. The molecular weight excluding hydrogens is 400 g/mol. The van der Waals surface area contributed by atoms with Crippen molar-refractivity contribution >= 4 is 0 Å². The highest BCUT2D eigenvalue weighted by molar-refractivity contribution is 5.98. The zero-order valence-corrected chi connectivity index (χ0v) is 19.8. The molecule has 0 saturated heterocycles. The first-order valence-corrected chi connectivity index (χ1v) is 12.2. The second-order valence-corrected chi connectivity index (χ2v) is 9.27. The monoisotopic (exact) mass is 432 g/mol. The molecule has 5 rings (SSSR count). The molecule has 33 heavy (non-hydrogen) atoms. The van der Waals surface area contributed by atoms with Crippen molar-refractivity contribution in [2.75, 3.05) is 0 Å². The van der Waals surface area contributed by atoms with Crippen molar-refractivity contribution in [1.29, 1.82) is 0 Å². The smallest absolute Gasteiger partial charge is 0.0831 e. The molecule has 0 heterocycles. The minimum Gasteiger partial charge on any atom is -0.371 e. The minimum absolute atomic E-state index is 0.128. The third-order valence-corrected chi connectivity index (χ3v) is 6.62. The van der Waals surface area contributed by atoms with Crippen LogP contribution < -0.4 is 0 Å². The van der Waals surface area contributed by atoms with Crippen LogP contribution in [0.2, 0.25) is 0 Å². The fraction of sp³-hybridized carbons (Fsp3) is 0.250. The summed E-state index contributed by atoms with van der Waals surface area (Å²) in [5, 5.41) is 0. The van der Waals surface area contributed by atoms with E-state index in [2.05, 4.69) is 112 Å². The molecule has 166 valence electrons. The van der Waals surface area contributed by atoms with E-state index < -0.39 is 0 Å². The molecule has 0 bridgehead atoms. The zero-order valence-electron chi connectivity index (χ0n) is 19.8. The van der Waals surface area contributed by atoms with E-state index in [9.17, 15) is 0 Å². The second kappa shape index (κ2) is 9.37. The molecule has 1 aliphatic rings. The Morgan fingerprint density at radius 2 is 1.33 bits per heavy atom. The lowest BCUT2D eigenvalue weighted by atomic mass is 9.86. The Labute approximate surface area is 198 Å². The van der Waals surface area contributed by atoms with Crippen molar-refractivity contribution in [3.05, 3.63) is 108 Å². The molecule has 0 radical (unpaired) electrons. The van der Waals surface area contributed by atoms with E-state index in [1.165, 1.54) is 50.1 Å². The average Bonchev–Trinajstić information content (AvgIpc) is 3.24. The van der Waals surface area contributed by atoms with Crippen LogP contribution in [0.4, 0.5) is 0 Å². The first kappa shape index (κ1) is 21.7. The third kappa shape index (κ3) is 4.14. The molecule has 0 amide bonds. The number of ether oxygens (including phenoxy) is 1. The highest BCUT2D eigenvalue weighted by atomic mass is 16.5. The van der Waals surface area contributed by atoms with E-state index in [4.69, 9.17) is 4.74 Å².